The van der Waals surface area contributed by atoms with Crippen LogP contribution in [0.15, 0.2) is 0 Å². The molecule has 0 amide bonds. The molecule has 4 aliphatic heterocycles. The van der Waals surface area contributed by atoms with Crippen LogP contribution in [0.2, 0.25) is 0 Å². The van der Waals surface area contributed by atoms with E-state index in [2.05, 4.69) is 133 Å². The van der Waals surface area contributed by atoms with E-state index in [1.807, 2.05) is 11.8 Å². The molecule has 1 N–H and O–H groups in total. The van der Waals surface area contributed by atoms with E-state index in [0.29, 0.717) is 21.7 Å². The third-order valence-corrected chi connectivity index (χ3v) is 1.74. The van der Waals surface area contributed by atoms with E-state index in [0.717, 1.165) is 13.2 Å². The molecule has 0 spiro atoms. The van der Waals surface area contributed by atoms with Crippen molar-refractivity contribution < 1.29 is 4.74 Å². The molecule has 4 fully saturated rings. The number of ether oxygens (including phenoxy) is 1. The van der Waals surface area contributed by atoms with Crippen molar-refractivity contribution in [3.05, 3.63) is 0 Å². The predicted octanol–water partition coefficient (Wildman–Crippen LogP) is 10.4. The molecular weight excluding hydrogens is 460 g/mol. The Bertz CT molecular complexity index is 280. The van der Waals surface area contributed by atoms with Gasteiger partial charge >= 0.3 is 0 Å². The van der Waals surface area contributed by atoms with Crippen molar-refractivity contribution in [3.63, 3.8) is 0 Å². The molecule has 230 valence electrons. The Balaban J connectivity index is -0.0000000530. The van der Waals surface area contributed by atoms with Gasteiger partial charge in [0, 0.05) is 37.7 Å². The highest BCUT2D eigenvalue weighted by atomic mass is 32.2. The molecule has 0 atom stereocenters. The number of epoxide rings is 1. The number of hydrogen-bond donors (Lipinski definition) is 1. The number of nitrogens with one attached hydrogen (secondary N) is 1. The molecule has 0 aliphatic carbocycles. The van der Waals surface area contributed by atoms with Crippen LogP contribution in [0, 0.1) is 21.7 Å². The van der Waals surface area contributed by atoms with Crippen molar-refractivity contribution in [1.82, 2.24) is 10.2 Å². The van der Waals surface area contributed by atoms with E-state index in [-0.39, 0.29) is 22.3 Å². The summed E-state index contributed by atoms with van der Waals surface area (Å²) >= 11 is 2.00. The second-order valence-corrected chi connectivity index (χ2v) is 16.5. The van der Waals surface area contributed by atoms with Gasteiger partial charge in [0.2, 0.25) is 0 Å². The summed E-state index contributed by atoms with van der Waals surface area (Å²) in [6.07, 6.45) is 0. The monoisotopic (exact) mass is 541 g/mol. The number of rotatable bonds is 0. The Hall–Kier alpha value is 0.230. The minimum atomic E-state index is 0. The normalized spacial score (nSPS) is 15.6. The highest BCUT2D eigenvalue weighted by Crippen LogP contribution is 2.14. The van der Waals surface area contributed by atoms with Gasteiger partial charge in [-0.25, -0.2) is 0 Å². The largest absolute Gasteiger partial charge is 0.377 e. The molecule has 4 heteroatoms. The van der Waals surface area contributed by atoms with E-state index >= 15 is 0 Å². The summed E-state index contributed by atoms with van der Waals surface area (Å²) in [6, 6.07) is 0. The fraction of sp³-hybridized carbons (Fsp3) is 1.00. The molecule has 4 saturated heterocycles. The van der Waals surface area contributed by atoms with Gasteiger partial charge in [0.25, 0.3) is 0 Å². The van der Waals surface area contributed by atoms with Gasteiger partial charge in [0.15, 0.2) is 0 Å². The SMILES string of the molecule is C.C.C.C1CN1.C1CO1.C1CS1.CC(C)(C)C.CC(C)(C)C.CC(C)(C)C.CC(C)(C)C.CN1CC1. The summed E-state index contributed by atoms with van der Waals surface area (Å²) in [5, 5.41) is 3.00. The fourth-order valence-electron chi connectivity index (χ4n) is 0.1000. The van der Waals surface area contributed by atoms with E-state index in [1.54, 1.807) is 0 Å². The first kappa shape index (κ1) is 52.6. The molecule has 4 rings (SSSR count). The van der Waals surface area contributed by atoms with Crippen LogP contribution in [-0.2, 0) is 4.74 Å². The first-order chi connectivity index (χ1) is 14.4. The Morgan fingerprint density at radius 3 is 0.639 bits per heavy atom. The molecule has 36 heavy (non-hydrogen) atoms. The maximum absolute atomic E-state index is 4.50. The standard InChI is InChI=1S/4C5H12.C3H7N.C2H5N.C2H4O.C2H4S.3CH4/c4*1-5(2,3)4;1-4-2-3-4;3*1-2-3-1;;;/h4*1-4H3;2-3H2,1H3;3H,1-2H2;2*1-2H2;3*1H4. The van der Waals surface area contributed by atoms with Gasteiger partial charge in [-0.3, -0.25) is 0 Å². The van der Waals surface area contributed by atoms with Gasteiger partial charge in [-0.1, -0.05) is 133 Å². The van der Waals surface area contributed by atoms with E-state index in [9.17, 15) is 0 Å². The first-order valence-electron chi connectivity index (χ1n) is 12.9. The molecule has 0 aromatic heterocycles. The average molecular weight is 541 g/mol. The lowest BCUT2D eigenvalue weighted by Crippen LogP contribution is -1.93. The molecule has 3 nitrogen and oxygen atoms in total. The minimum absolute atomic E-state index is 0. The quantitative estimate of drug-likeness (QED) is 0.310. The van der Waals surface area contributed by atoms with Crippen LogP contribution in [0.3, 0.4) is 0 Å². The predicted molar refractivity (Wildman–Crippen MR) is 179 cm³/mol. The molecule has 0 radical (unpaired) electrons. The van der Waals surface area contributed by atoms with Crippen LogP contribution < -0.4 is 5.32 Å². The number of likely N-dealkylation sites (N-methyl/N-ethyl adjacent to an activating group) is 1. The van der Waals surface area contributed by atoms with Crippen LogP contribution >= 0.6 is 11.8 Å². The fourth-order valence-corrected chi connectivity index (χ4v) is 0.1000. The number of thioether (sulfide) groups is 1. The first-order valence-corrected chi connectivity index (χ1v) is 14.1. The molecule has 4 aliphatic rings. The van der Waals surface area contributed by atoms with E-state index < -0.39 is 0 Å². The van der Waals surface area contributed by atoms with Gasteiger partial charge in [0.1, 0.15) is 0 Å². The van der Waals surface area contributed by atoms with Gasteiger partial charge in [0.05, 0.1) is 13.2 Å². The van der Waals surface area contributed by atoms with Crippen LogP contribution in [0.4, 0.5) is 0 Å². The summed E-state index contributed by atoms with van der Waals surface area (Å²) in [5.74, 6) is 2.83. The minimum Gasteiger partial charge on any atom is -0.377 e. The van der Waals surface area contributed by atoms with Crippen molar-refractivity contribution in [1.29, 1.82) is 0 Å². The Kier molecular flexibility index (Phi) is 41.3. The second-order valence-electron chi connectivity index (χ2n) is 15.3. The Labute approximate surface area is 239 Å². The zero-order valence-corrected chi connectivity index (χ0v) is 27.2. The summed E-state index contributed by atoms with van der Waals surface area (Å²) in [6.45, 7) is 42.1. The lowest BCUT2D eigenvalue weighted by Gasteiger charge is -2.05. The second kappa shape index (κ2) is 28.2. The van der Waals surface area contributed by atoms with Crippen LogP contribution in [0.5, 0.6) is 0 Å². The molecule has 0 aromatic carbocycles. The van der Waals surface area contributed by atoms with Gasteiger partial charge in [-0.2, -0.15) is 11.8 Å². The third-order valence-electron chi connectivity index (χ3n) is 1.33. The number of nitrogens with zero attached hydrogens (tertiary/aromatic N) is 1. The molecule has 0 unspecified atom stereocenters. The van der Waals surface area contributed by atoms with Crippen LogP contribution in [-0.4, -0.2) is 62.8 Å². The molecule has 0 saturated carbocycles. The van der Waals surface area contributed by atoms with Crippen LogP contribution in [0.1, 0.15) is 133 Å². The van der Waals surface area contributed by atoms with Crippen molar-refractivity contribution in [2.75, 3.05) is 57.9 Å². The highest BCUT2D eigenvalue weighted by molar-refractivity contribution is 8.06. The molecule has 0 aromatic rings. The highest BCUT2D eigenvalue weighted by Gasteiger charge is 2.07. The van der Waals surface area contributed by atoms with Crippen molar-refractivity contribution >= 4 is 11.8 Å². The topological polar surface area (TPSA) is 37.5 Å². The van der Waals surface area contributed by atoms with Crippen molar-refractivity contribution in [2.45, 2.75) is 133 Å². The zero-order valence-electron chi connectivity index (χ0n) is 26.4. The van der Waals surface area contributed by atoms with Crippen molar-refractivity contribution in [3.8, 4) is 0 Å². The lowest BCUT2D eigenvalue weighted by molar-refractivity contribution is 0.469. The Morgan fingerprint density at radius 2 is 0.639 bits per heavy atom. The van der Waals surface area contributed by atoms with E-state index in [1.165, 1.54) is 37.7 Å². The summed E-state index contributed by atoms with van der Waals surface area (Å²) in [5.41, 5.74) is 2.00. The summed E-state index contributed by atoms with van der Waals surface area (Å²) < 4.78 is 4.50. The summed E-state index contributed by atoms with van der Waals surface area (Å²) in [4.78, 5) is 2.25. The molecule has 4 heterocycles. The number of hydrogen-bond acceptors (Lipinski definition) is 4. The summed E-state index contributed by atoms with van der Waals surface area (Å²) in [7, 11) is 2.11. The molecule has 0 bridgehead atoms. The third kappa shape index (κ3) is 974. The van der Waals surface area contributed by atoms with Gasteiger partial charge in [-0.15, -0.1) is 0 Å². The van der Waals surface area contributed by atoms with E-state index in [4.69, 9.17) is 0 Å². The molecular formula is C32H80N2OS. The smallest absolute Gasteiger partial charge is 0.0701 e. The van der Waals surface area contributed by atoms with Gasteiger partial charge < -0.3 is 15.0 Å². The lowest BCUT2D eigenvalue weighted by atomic mass is 10.0. The van der Waals surface area contributed by atoms with Gasteiger partial charge in [-0.05, 0) is 28.7 Å². The maximum Gasteiger partial charge on any atom is 0.0701 e. The van der Waals surface area contributed by atoms with Crippen LogP contribution in [0.25, 0.3) is 0 Å². The maximum atomic E-state index is 4.50. The zero-order chi connectivity index (χ0) is 27.4. The Morgan fingerprint density at radius 1 is 0.528 bits per heavy atom. The average Bonchev–Trinajstić information content (AvgIpc) is 3.27. The van der Waals surface area contributed by atoms with Crippen molar-refractivity contribution in [2.24, 2.45) is 21.7 Å².